The van der Waals surface area contributed by atoms with Gasteiger partial charge in [0.25, 0.3) is 0 Å². The third-order valence-corrected chi connectivity index (χ3v) is 1.97. The van der Waals surface area contributed by atoms with Gasteiger partial charge in [0.1, 0.15) is 5.75 Å². The smallest absolute Gasteiger partial charge is 0.228 e. The molecule has 0 saturated heterocycles. The van der Waals surface area contributed by atoms with Crippen LogP contribution in [0.5, 0.6) is 5.75 Å². The van der Waals surface area contributed by atoms with Gasteiger partial charge in [-0.05, 0) is 34.1 Å². The molecule has 0 radical (unpaired) electrons. The zero-order valence-corrected chi connectivity index (χ0v) is 7.77. The van der Waals surface area contributed by atoms with E-state index >= 15 is 0 Å². The van der Waals surface area contributed by atoms with Crippen molar-refractivity contribution in [2.75, 3.05) is 12.3 Å². The quantitative estimate of drug-likeness (QED) is 0.622. The highest BCUT2D eigenvalue weighted by Crippen LogP contribution is 2.26. The summed E-state index contributed by atoms with van der Waals surface area (Å²) in [6.07, 6.45) is 0. The second-order valence-electron chi connectivity index (χ2n) is 2.04. The molecule has 5 heteroatoms. The first-order valence-electron chi connectivity index (χ1n) is 3.23. The molecule has 1 rings (SSSR count). The summed E-state index contributed by atoms with van der Waals surface area (Å²) >= 11 is 3.23. The van der Waals surface area contributed by atoms with Gasteiger partial charge in [0, 0.05) is 4.47 Å². The number of hydrazine groups is 1. The van der Waals surface area contributed by atoms with Crippen LogP contribution in [0.2, 0.25) is 0 Å². The Kier molecular flexibility index (Phi) is 3.31. The maximum absolute atomic E-state index is 11.7. The van der Waals surface area contributed by atoms with Crippen molar-refractivity contribution in [3.63, 3.8) is 0 Å². The van der Waals surface area contributed by atoms with Gasteiger partial charge >= 0.3 is 0 Å². The van der Waals surface area contributed by atoms with Crippen molar-refractivity contribution in [2.24, 2.45) is 5.84 Å². The van der Waals surface area contributed by atoms with E-state index in [9.17, 15) is 4.39 Å². The summed E-state index contributed by atoms with van der Waals surface area (Å²) in [6.45, 7) is -0.832. The number of nitrogens with two attached hydrogens (primary N) is 1. The van der Waals surface area contributed by atoms with Crippen molar-refractivity contribution < 1.29 is 9.13 Å². The van der Waals surface area contributed by atoms with Crippen LogP contribution in [0.3, 0.4) is 0 Å². The van der Waals surface area contributed by atoms with Crippen LogP contribution < -0.4 is 16.0 Å². The largest absolute Gasteiger partial charge is 0.463 e. The summed E-state index contributed by atoms with van der Waals surface area (Å²) in [6, 6.07) is 4.95. The van der Waals surface area contributed by atoms with Gasteiger partial charge in [-0.3, -0.25) is 5.84 Å². The van der Waals surface area contributed by atoms with E-state index in [4.69, 9.17) is 5.84 Å². The Bertz CT molecular complexity index is 270. The van der Waals surface area contributed by atoms with Gasteiger partial charge in [0.2, 0.25) is 6.86 Å². The first-order chi connectivity index (χ1) is 5.77. The highest BCUT2D eigenvalue weighted by molar-refractivity contribution is 9.10. The molecule has 3 N–H and O–H groups in total. The van der Waals surface area contributed by atoms with E-state index in [2.05, 4.69) is 26.1 Å². The summed E-state index contributed by atoms with van der Waals surface area (Å²) in [7, 11) is 0. The lowest BCUT2D eigenvalue weighted by atomic mass is 10.3. The lowest BCUT2D eigenvalue weighted by Crippen LogP contribution is -2.07. The number of nitrogens with one attached hydrogen (secondary N) is 1. The molecule has 3 nitrogen and oxygen atoms in total. The fourth-order valence-electron chi connectivity index (χ4n) is 0.766. The van der Waals surface area contributed by atoms with Crippen LogP contribution >= 0.6 is 15.9 Å². The van der Waals surface area contributed by atoms with E-state index in [1.165, 1.54) is 0 Å². The molecule has 0 unspecified atom stereocenters. The van der Waals surface area contributed by atoms with Crippen molar-refractivity contribution in [2.45, 2.75) is 0 Å². The summed E-state index contributed by atoms with van der Waals surface area (Å²) in [5, 5.41) is 0. The van der Waals surface area contributed by atoms with Crippen molar-refractivity contribution in [1.29, 1.82) is 0 Å². The van der Waals surface area contributed by atoms with E-state index in [0.29, 0.717) is 5.75 Å². The topological polar surface area (TPSA) is 47.3 Å². The fourth-order valence-corrected chi connectivity index (χ4v) is 1.24. The van der Waals surface area contributed by atoms with E-state index < -0.39 is 6.86 Å². The molecule has 0 aromatic heterocycles. The highest BCUT2D eigenvalue weighted by Gasteiger charge is 1.99. The SMILES string of the molecule is NNc1ccc(OCF)cc1Br. The van der Waals surface area contributed by atoms with Crippen molar-refractivity contribution in [3.8, 4) is 5.75 Å². The maximum atomic E-state index is 11.7. The Morgan fingerprint density at radius 2 is 2.33 bits per heavy atom. The standard InChI is InChI=1S/C7H8BrFN2O/c8-6-3-5(12-4-9)1-2-7(6)11-10/h1-3,11H,4,10H2. The number of anilines is 1. The number of hydrogen-bond donors (Lipinski definition) is 2. The number of ether oxygens (including phenoxy) is 1. The highest BCUT2D eigenvalue weighted by atomic mass is 79.9. The number of alkyl halides is 1. The van der Waals surface area contributed by atoms with Crippen LogP contribution in [-0.4, -0.2) is 6.86 Å². The summed E-state index contributed by atoms with van der Waals surface area (Å²) in [5.41, 5.74) is 3.19. The zero-order chi connectivity index (χ0) is 8.97. The minimum Gasteiger partial charge on any atom is -0.463 e. The Balaban J connectivity index is 2.86. The third-order valence-electron chi connectivity index (χ3n) is 1.32. The van der Waals surface area contributed by atoms with E-state index in [1.807, 2.05) is 0 Å². The Hall–Kier alpha value is -0.810. The maximum Gasteiger partial charge on any atom is 0.228 e. The molecule has 12 heavy (non-hydrogen) atoms. The fraction of sp³-hybridized carbons (Fsp3) is 0.143. The van der Waals surface area contributed by atoms with Crippen LogP contribution in [0.25, 0.3) is 0 Å². The van der Waals surface area contributed by atoms with Gasteiger partial charge in [-0.2, -0.15) is 0 Å². The molecule has 0 aliphatic heterocycles. The molecular weight excluding hydrogens is 227 g/mol. The average Bonchev–Trinajstić information content (AvgIpc) is 2.05. The molecule has 0 bridgehead atoms. The van der Waals surface area contributed by atoms with Crippen LogP contribution in [0, 0.1) is 0 Å². The monoisotopic (exact) mass is 234 g/mol. The normalized spacial score (nSPS) is 9.58. The predicted molar refractivity (Wildman–Crippen MR) is 48.6 cm³/mol. The second kappa shape index (κ2) is 4.27. The number of halogens is 2. The third kappa shape index (κ3) is 2.09. The number of nitrogen functional groups attached to an aromatic ring is 1. The summed E-state index contributed by atoms with van der Waals surface area (Å²) in [4.78, 5) is 0. The van der Waals surface area contributed by atoms with Gasteiger partial charge in [-0.1, -0.05) is 0 Å². The number of rotatable bonds is 3. The molecule has 0 saturated carbocycles. The molecule has 0 fully saturated rings. The van der Waals surface area contributed by atoms with Gasteiger partial charge in [0.05, 0.1) is 5.69 Å². The van der Waals surface area contributed by atoms with Crippen LogP contribution in [0.15, 0.2) is 22.7 Å². The van der Waals surface area contributed by atoms with E-state index in [-0.39, 0.29) is 0 Å². The number of hydrogen-bond acceptors (Lipinski definition) is 3. The van der Waals surface area contributed by atoms with Gasteiger partial charge in [0.15, 0.2) is 0 Å². The minimum atomic E-state index is -0.832. The van der Waals surface area contributed by atoms with Crippen molar-refractivity contribution >= 4 is 21.6 Å². The lowest BCUT2D eigenvalue weighted by Gasteiger charge is -2.05. The minimum absolute atomic E-state index is 0.461. The molecule has 0 amide bonds. The number of benzene rings is 1. The molecule has 1 aromatic carbocycles. The van der Waals surface area contributed by atoms with Crippen LogP contribution in [0.1, 0.15) is 0 Å². The molecule has 0 spiro atoms. The van der Waals surface area contributed by atoms with Crippen molar-refractivity contribution in [3.05, 3.63) is 22.7 Å². The Morgan fingerprint density at radius 3 is 2.83 bits per heavy atom. The molecule has 0 atom stereocenters. The molecule has 0 aliphatic rings. The predicted octanol–water partition coefficient (Wildman–Crippen LogP) is 2.04. The zero-order valence-electron chi connectivity index (χ0n) is 6.18. The van der Waals surface area contributed by atoms with Gasteiger partial charge < -0.3 is 10.2 Å². The Labute approximate surface area is 77.8 Å². The van der Waals surface area contributed by atoms with Gasteiger partial charge in [-0.25, -0.2) is 4.39 Å². The second-order valence-corrected chi connectivity index (χ2v) is 2.89. The van der Waals surface area contributed by atoms with Gasteiger partial charge in [-0.15, -0.1) is 0 Å². The van der Waals surface area contributed by atoms with E-state index in [1.54, 1.807) is 18.2 Å². The van der Waals surface area contributed by atoms with Crippen molar-refractivity contribution in [1.82, 2.24) is 0 Å². The van der Waals surface area contributed by atoms with E-state index in [0.717, 1.165) is 10.2 Å². The molecule has 66 valence electrons. The van der Waals surface area contributed by atoms with Crippen LogP contribution in [-0.2, 0) is 0 Å². The average molecular weight is 235 g/mol. The van der Waals surface area contributed by atoms with Crippen LogP contribution in [0.4, 0.5) is 10.1 Å². The lowest BCUT2D eigenvalue weighted by molar-refractivity contribution is 0.191. The molecular formula is C7H8BrFN2O. The Morgan fingerprint density at radius 1 is 1.58 bits per heavy atom. The molecule has 0 heterocycles. The summed E-state index contributed by atoms with van der Waals surface area (Å²) < 4.78 is 17.1. The first kappa shape index (κ1) is 9.28. The molecule has 0 aliphatic carbocycles. The molecule has 1 aromatic rings. The summed E-state index contributed by atoms with van der Waals surface area (Å²) in [5.74, 6) is 5.64. The first-order valence-corrected chi connectivity index (χ1v) is 4.02.